The summed E-state index contributed by atoms with van der Waals surface area (Å²) >= 11 is 0. The molecular weight excluding hydrogens is 352 g/mol. The number of carbonyl (C=O) groups excluding carboxylic acids is 1. The van der Waals surface area contributed by atoms with Gasteiger partial charge in [0.2, 0.25) is 0 Å². The molecule has 7 heteroatoms. The summed E-state index contributed by atoms with van der Waals surface area (Å²) in [6.07, 6.45) is 0.602. The van der Waals surface area contributed by atoms with Crippen molar-refractivity contribution in [1.82, 2.24) is 5.32 Å². The van der Waals surface area contributed by atoms with Gasteiger partial charge < -0.3 is 15.4 Å². The molecule has 0 spiro atoms. The average Bonchev–Trinajstić information content (AvgIpc) is 2.99. The summed E-state index contributed by atoms with van der Waals surface area (Å²) in [5, 5.41) is 5.62. The first kappa shape index (κ1) is 18.3. The van der Waals surface area contributed by atoms with Gasteiger partial charge in [-0.25, -0.2) is 13.2 Å². The molecule has 26 heavy (non-hydrogen) atoms. The van der Waals surface area contributed by atoms with Crippen LogP contribution in [0.3, 0.4) is 0 Å². The van der Waals surface area contributed by atoms with Gasteiger partial charge in [-0.1, -0.05) is 30.3 Å². The molecule has 2 aromatic carbocycles. The zero-order valence-corrected chi connectivity index (χ0v) is 15.4. The van der Waals surface area contributed by atoms with Crippen LogP contribution in [0.1, 0.15) is 6.42 Å². The van der Waals surface area contributed by atoms with Gasteiger partial charge in [-0.2, -0.15) is 0 Å². The number of carbonyl (C=O) groups is 1. The SMILES string of the molecule is COc1ccc(-c2ccccc2NC(=O)NCC2CCS(=O)(=O)C2)cc1. The molecule has 138 valence electrons. The van der Waals surface area contributed by atoms with Crippen LogP contribution in [-0.4, -0.2) is 39.6 Å². The van der Waals surface area contributed by atoms with Crippen LogP contribution < -0.4 is 15.4 Å². The van der Waals surface area contributed by atoms with E-state index in [1.807, 2.05) is 48.5 Å². The Morgan fingerprint density at radius 1 is 1.15 bits per heavy atom. The number of para-hydroxylation sites is 1. The van der Waals surface area contributed by atoms with E-state index in [9.17, 15) is 13.2 Å². The number of hydrogen-bond donors (Lipinski definition) is 2. The van der Waals surface area contributed by atoms with Crippen molar-refractivity contribution >= 4 is 21.6 Å². The number of amides is 2. The topological polar surface area (TPSA) is 84.5 Å². The molecule has 0 aromatic heterocycles. The first-order valence-electron chi connectivity index (χ1n) is 8.45. The fourth-order valence-corrected chi connectivity index (χ4v) is 4.91. The van der Waals surface area contributed by atoms with Gasteiger partial charge in [0.25, 0.3) is 0 Å². The molecular formula is C19H22N2O4S. The highest BCUT2D eigenvalue weighted by molar-refractivity contribution is 7.91. The van der Waals surface area contributed by atoms with Gasteiger partial charge in [0.15, 0.2) is 9.84 Å². The molecule has 2 amide bonds. The van der Waals surface area contributed by atoms with E-state index in [2.05, 4.69) is 10.6 Å². The number of rotatable bonds is 5. The average molecular weight is 374 g/mol. The highest BCUT2D eigenvalue weighted by atomic mass is 32.2. The van der Waals surface area contributed by atoms with Gasteiger partial charge in [-0.15, -0.1) is 0 Å². The monoisotopic (exact) mass is 374 g/mol. The summed E-state index contributed by atoms with van der Waals surface area (Å²) in [7, 11) is -1.32. The van der Waals surface area contributed by atoms with Crippen LogP contribution >= 0.6 is 0 Å². The van der Waals surface area contributed by atoms with Crippen molar-refractivity contribution in [1.29, 1.82) is 0 Å². The molecule has 3 rings (SSSR count). The first-order valence-corrected chi connectivity index (χ1v) is 10.3. The van der Waals surface area contributed by atoms with E-state index < -0.39 is 9.84 Å². The third kappa shape index (κ3) is 4.54. The van der Waals surface area contributed by atoms with E-state index >= 15 is 0 Å². The number of nitrogens with one attached hydrogen (secondary N) is 2. The molecule has 1 aliphatic heterocycles. The number of urea groups is 1. The van der Waals surface area contributed by atoms with Crippen LogP contribution in [0.15, 0.2) is 48.5 Å². The zero-order valence-electron chi connectivity index (χ0n) is 14.6. The molecule has 1 fully saturated rings. The predicted octanol–water partition coefficient (Wildman–Crippen LogP) is 2.92. The second kappa shape index (κ2) is 7.78. The third-order valence-electron chi connectivity index (χ3n) is 4.45. The van der Waals surface area contributed by atoms with Crippen molar-refractivity contribution in [2.24, 2.45) is 5.92 Å². The number of anilines is 1. The van der Waals surface area contributed by atoms with Gasteiger partial charge >= 0.3 is 6.03 Å². The van der Waals surface area contributed by atoms with Crippen LogP contribution in [0.5, 0.6) is 5.75 Å². The Morgan fingerprint density at radius 3 is 2.54 bits per heavy atom. The molecule has 1 atom stereocenters. The normalized spacial score (nSPS) is 18.3. The molecule has 0 saturated carbocycles. The van der Waals surface area contributed by atoms with Gasteiger partial charge in [0.05, 0.1) is 24.3 Å². The van der Waals surface area contributed by atoms with Crippen molar-refractivity contribution in [3.63, 3.8) is 0 Å². The van der Waals surface area contributed by atoms with E-state index in [4.69, 9.17) is 4.74 Å². The number of methoxy groups -OCH3 is 1. The standard InChI is InChI=1S/C19H22N2O4S/c1-25-16-8-6-15(7-9-16)17-4-2-3-5-18(17)21-19(22)20-12-14-10-11-26(23,24)13-14/h2-9,14H,10-13H2,1H3,(H2,20,21,22). The number of benzene rings is 2. The number of sulfone groups is 1. The van der Waals surface area contributed by atoms with Crippen molar-refractivity contribution in [3.8, 4) is 16.9 Å². The summed E-state index contributed by atoms with van der Waals surface area (Å²) in [5.41, 5.74) is 2.55. The molecule has 1 aliphatic rings. The van der Waals surface area contributed by atoms with Gasteiger partial charge in [-0.3, -0.25) is 0 Å². The molecule has 1 heterocycles. The van der Waals surface area contributed by atoms with Crippen LogP contribution in [0.25, 0.3) is 11.1 Å². The summed E-state index contributed by atoms with van der Waals surface area (Å²) in [6.45, 7) is 0.357. The summed E-state index contributed by atoms with van der Waals surface area (Å²) < 4.78 is 28.1. The molecule has 6 nitrogen and oxygen atoms in total. The third-order valence-corrected chi connectivity index (χ3v) is 6.29. The van der Waals surface area contributed by atoms with E-state index in [1.54, 1.807) is 7.11 Å². The van der Waals surface area contributed by atoms with Crippen molar-refractivity contribution in [2.75, 3.05) is 30.5 Å². The molecule has 0 aliphatic carbocycles. The van der Waals surface area contributed by atoms with Crippen molar-refractivity contribution < 1.29 is 17.9 Å². The number of hydrogen-bond acceptors (Lipinski definition) is 4. The maximum atomic E-state index is 12.2. The lowest BCUT2D eigenvalue weighted by Gasteiger charge is -2.14. The van der Waals surface area contributed by atoms with Crippen molar-refractivity contribution in [3.05, 3.63) is 48.5 Å². The maximum Gasteiger partial charge on any atom is 0.319 e. The quantitative estimate of drug-likeness (QED) is 0.843. The lowest BCUT2D eigenvalue weighted by molar-refractivity contribution is 0.250. The van der Waals surface area contributed by atoms with Crippen molar-refractivity contribution in [2.45, 2.75) is 6.42 Å². The summed E-state index contributed by atoms with van der Waals surface area (Å²) in [4.78, 5) is 12.2. The van der Waals surface area contributed by atoms with E-state index in [0.29, 0.717) is 18.7 Å². The Morgan fingerprint density at radius 2 is 1.88 bits per heavy atom. The lowest BCUT2D eigenvalue weighted by atomic mass is 10.0. The minimum absolute atomic E-state index is 0.0115. The fourth-order valence-electron chi connectivity index (χ4n) is 3.05. The van der Waals surface area contributed by atoms with E-state index in [1.165, 1.54) is 0 Å². The molecule has 1 saturated heterocycles. The minimum atomic E-state index is -2.93. The molecule has 2 N–H and O–H groups in total. The lowest BCUT2D eigenvalue weighted by Crippen LogP contribution is -2.33. The molecule has 2 aromatic rings. The first-order chi connectivity index (χ1) is 12.5. The van der Waals surface area contributed by atoms with Crippen LogP contribution in [0, 0.1) is 5.92 Å². The fraction of sp³-hybridized carbons (Fsp3) is 0.316. The van der Waals surface area contributed by atoms with Crippen LogP contribution in [-0.2, 0) is 9.84 Å². The minimum Gasteiger partial charge on any atom is -0.497 e. The second-order valence-electron chi connectivity index (χ2n) is 6.38. The van der Waals surface area contributed by atoms with E-state index in [-0.39, 0.29) is 23.5 Å². The Balaban J connectivity index is 1.65. The Kier molecular flexibility index (Phi) is 5.46. The Labute approximate surface area is 153 Å². The van der Waals surface area contributed by atoms with Gasteiger partial charge in [0, 0.05) is 12.1 Å². The second-order valence-corrected chi connectivity index (χ2v) is 8.61. The number of ether oxygens (including phenoxy) is 1. The Hall–Kier alpha value is -2.54. The summed E-state index contributed by atoms with van der Waals surface area (Å²) in [5.74, 6) is 1.11. The van der Waals surface area contributed by atoms with Gasteiger partial charge in [-0.05, 0) is 36.1 Å². The van der Waals surface area contributed by atoms with Crippen LogP contribution in [0.4, 0.5) is 10.5 Å². The largest absolute Gasteiger partial charge is 0.497 e. The van der Waals surface area contributed by atoms with Crippen LogP contribution in [0.2, 0.25) is 0 Å². The highest BCUT2D eigenvalue weighted by Gasteiger charge is 2.27. The molecule has 0 radical (unpaired) electrons. The smallest absolute Gasteiger partial charge is 0.319 e. The molecule has 0 bridgehead atoms. The molecule has 1 unspecified atom stereocenters. The maximum absolute atomic E-state index is 12.2. The predicted molar refractivity (Wildman–Crippen MR) is 102 cm³/mol. The Bertz CT molecular complexity index is 879. The summed E-state index contributed by atoms with van der Waals surface area (Å²) in [6, 6.07) is 14.8. The van der Waals surface area contributed by atoms with E-state index in [0.717, 1.165) is 16.9 Å². The highest BCUT2D eigenvalue weighted by Crippen LogP contribution is 2.29. The van der Waals surface area contributed by atoms with Gasteiger partial charge in [0.1, 0.15) is 5.75 Å². The zero-order chi connectivity index (χ0) is 18.6.